The summed E-state index contributed by atoms with van der Waals surface area (Å²) in [5, 5.41) is 3.84. The first-order valence-electron chi connectivity index (χ1n) is 11.2. The Morgan fingerprint density at radius 3 is 2.56 bits per heavy atom. The van der Waals surface area contributed by atoms with Crippen molar-refractivity contribution in [3.63, 3.8) is 0 Å². The molecule has 5 rings (SSSR count). The lowest BCUT2D eigenvalue weighted by Crippen LogP contribution is -2.10. The van der Waals surface area contributed by atoms with Crippen molar-refractivity contribution in [2.24, 2.45) is 0 Å². The number of hydrogen-bond acceptors (Lipinski definition) is 5. The Balaban J connectivity index is 1.20. The fraction of sp³-hybridized carbons (Fsp3) is 0.143. The zero-order valence-electron chi connectivity index (χ0n) is 19.0. The minimum Gasteiger partial charge on any atom is -0.486 e. The standard InChI is InChI=1S/C28H24N2O3S/c1-3-19-5-11-22(12-6-19)32-17-23-13-15-25(33-23)27(31)29-21-9-7-20(8-10-21)28-30-24-14-4-18(2)16-26(24)34-28/h4-16H,3,17H2,1-2H3,(H,29,31). The number of nitrogens with one attached hydrogen (secondary N) is 1. The molecule has 0 saturated carbocycles. The summed E-state index contributed by atoms with van der Waals surface area (Å²) in [6.07, 6.45) is 0.987. The van der Waals surface area contributed by atoms with Gasteiger partial charge in [0.1, 0.15) is 23.1 Å². The number of thiazole rings is 1. The molecule has 5 aromatic rings. The SMILES string of the molecule is CCc1ccc(OCc2ccc(C(=O)Nc3ccc(-c4nc5ccc(C)cc5s4)cc3)o2)cc1. The van der Waals surface area contributed by atoms with Crippen LogP contribution in [0, 0.1) is 6.92 Å². The fourth-order valence-electron chi connectivity index (χ4n) is 3.60. The van der Waals surface area contributed by atoms with Gasteiger partial charge in [-0.25, -0.2) is 4.98 Å². The smallest absolute Gasteiger partial charge is 0.291 e. The van der Waals surface area contributed by atoms with E-state index in [0.29, 0.717) is 11.4 Å². The van der Waals surface area contributed by atoms with Crippen LogP contribution >= 0.6 is 11.3 Å². The Bertz CT molecular complexity index is 1430. The van der Waals surface area contributed by atoms with Crippen molar-refractivity contribution < 1.29 is 13.9 Å². The molecule has 170 valence electrons. The molecule has 0 fully saturated rings. The number of anilines is 1. The fourth-order valence-corrected chi connectivity index (χ4v) is 4.67. The van der Waals surface area contributed by atoms with Crippen molar-refractivity contribution in [3.05, 3.63) is 102 Å². The third kappa shape index (κ3) is 4.87. The number of carbonyl (C=O) groups is 1. The summed E-state index contributed by atoms with van der Waals surface area (Å²) in [7, 11) is 0. The van der Waals surface area contributed by atoms with Crippen LogP contribution in [-0.4, -0.2) is 10.9 Å². The zero-order valence-corrected chi connectivity index (χ0v) is 19.8. The number of ether oxygens (including phenoxy) is 1. The number of aromatic nitrogens is 1. The number of fused-ring (bicyclic) bond motifs is 1. The summed E-state index contributed by atoms with van der Waals surface area (Å²) in [5.74, 6) is 1.29. The van der Waals surface area contributed by atoms with E-state index >= 15 is 0 Å². The van der Waals surface area contributed by atoms with Gasteiger partial charge in [0.05, 0.1) is 10.2 Å². The van der Waals surface area contributed by atoms with E-state index in [4.69, 9.17) is 14.1 Å². The van der Waals surface area contributed by atoms with Crippen LogP contribution in [0.2, 0.25) is 0 Å². The summed E-state index contributed by atoms with van der Waals surface area (Å²) in [6, 6.07) is 25.3. The summed E-state index contributed by atoms with van der Waals surface area (Å²) in [5.41, 5.74) is 5.18. The highest BCUT2D eigenvalue weighted by molar-refractivity contribution is 7.21. The maximum absolute atomic E-state index is 12.6. The number of furan rings is 1. The minimum atomic E-state index is -0.304. The summed E-state index contributed by atoms with van der Waals surface area (Å²) >= 11 is 1.66. The van der Waals surface area contributed by atoms with Crippen molar-refractivity contribution in [1.29, 1.82) is 0 Å². The molecule has 1 N–H and O–H groups in total. The third-order valence-electron chi connectivity index (χ3n) is 5.53. The molecule has 5 nitrogen and oxygen atoms in total. The van der Waals surface area contributed by atoms with Crippen LogP contribution in [0.25, 0.3) is 20.8 Å². The molecular weight excluding hydrogens is 444 g/mol. The van der Waals surface area contributed by atoms with Crippen molar-refractivity contribution in [3.8, 4) is 16.3 Å². The average Bonchev–Trinajstić information content (AvgIpc) is 3.50. The van der Waals surface area contributed by atoms with Crippen molar-refractivity contribution in [2.45, 2.75) is 26.9 Å². The molecule has 0 unspecified atom stereocenters. The Morgan fingerprint density at radius 1 is 1.00 bits per heavy atom. The number of rotatable bonds is 7. The van der Waals surface area contributed by atoms with Crippen LogP contribution in [0.4, 0.5) is 5.69 Å². The van der Waals surface area contributed by atoms with Gasteiger partial charge in [-0.2, -0.15) is 0 Å². The monoisotopic (exact) mass is 468 g/mol. The van der Waals surface area contributed by atoms with Gasteiger partial charge in [0.2, 0.25) is 0 Å². The van der Waals surface area contributed by atoms with E-state index in [9.17, 15) is 4.79 Å². The first kappa shape index (κ1) is 21.9. The second-order valence-corrected chi connectivity index (χ2v) is 9.10. The van der Waals surface area contributed by atoms with Gasteiger partial charge in [0, 0.05) is 11.3 Å². The van der Waals surface area contributed by atoms with Gasteiger partial charge in [0.15, 0.2) is 5.76 Å². The normalized spacial score (nSPS) is 11.0. The highest BCUT2D eigenvalue weighted by atomic mass is 32.1. The number of aryl methyl sites for hydroxylation is 2. The van der Waals surface area contributed by atoms with Gasteiger partial charge >= 0.3 is 0 Å². The largest absolute Gasteiger partial charge is 0.486 e. The quantitative estimate of drug-likeness (QED) is 0.273. The van der Waals surface area contributed by atoms with Crippen molar-refractivity contribution in [1.82, 2.24) is 4.98 Å². The first-order valence-corrected chi connectivity index (χ1v) is 12.0. The van der Waals surface area contributed by atoms with Crippen LogP contribution in [0.3, 0.4) is 0 Å². The van der Waals surface area contributed by atoms with Gasteiger partial charge in [-0.1, -0.05) is 25.1 Å². The number of carbonyl (C=O) groups excluding carboxylic acids is 1. The Labute approximate surface area is 202 Å². The highest BCUT2D eigenvalue weighted by Gasteiger charge is 2.13. The van der Waals surface area contributed by atoms with Gasteiger partial charge in [0.25, 0.3) is 5.91 Å². The van der Waals surface area contributed by atoms with Gasteiger partial charge in [-0.3, -0.25) is 4.79 Å². The van der Waals surface area contributed by atoms with E-state index in [1.165, 1.54) is 15.8 Å². The molecular formula is C28H24N2O3S. The molecule has 2 heterocycles. The Morgan fingerprint density at radius 2 is 1.79 bits per heavy atom. The molecule has 0 atom stereocenters. The number of nitrogens with zero attached hydrogens (tertiary/aromatic N) is 1. The summed E-state index contributed by atoms with van der Waals surface area (Å²) in [4.78, 5) is 17.3. The lowest BCUT2D eigenvalue weighted by atomic mass is 10.2. The molecule has 6 heteroatoms. The second-order valence-electron chi connectivity index (χ2n) is 8.07. The van der Waals surface area contributed by atoms with Gasteiger partial charge in [-0.05, 0) is 85.1 Å². The van der Waals surface area contributed by atoms with E-state index in [2.05, 4.69) is 31.3 Å². The number of hydrogen-bond donors (Lipinski definition) is 1. The van der Waals surface area contributed by atoms with E-state index in [1.54, 1.807) is 23.5 Å². The lowest BCUT2D eigenvalue weighted by molar-refractivity contribution is 0.0992. The second kappa shape index (κ2) is 9.53. The van der Waals surface area contributed by atoms with E-state index in [0.717, 1.165) is 28.3 Å². The molecule has 0 bridgehead atoms. The summed E-state index contributed by atoms with van der Waals surface area (Å²) < 4.78 is 12.6. The molecule has 34 heavy (non-hydrogen) atoms. The molecule has 1 amide bonds. The Hall–Kier alpha value is -3.90. The van der Waals surface area contributed by atoms with E-state index < -0.39 is 0 Å². The van der Waals surface area contributed by atoms with Crippen molar-refractivity contribution in [2.75, 3.05) is 5.32 Å². The number of benzene rings is 3. The molecule has 0 aliphatic carbocycles. The molecule has 3 aromatic carbocycles. The Kier molecular flexibility index (Phi) is 6.14. The molecule has 2 aromatic heterocycles. The van der Waals surface area contributed by atoms with E-state index in [-0.39, 0.29) is 18.3 Å². The predicted octanol–water partition coefficient (Wildman–Crippen LogP) is 7.26. The summed E-state index contributed by atoms with van der Waals surface area (Å²) in [6.45, 7) is 4.45. The molecule has 0 saturated heterocycles. The molecule has 0 aliphatic heterocycles. The predicted molar refractivity (Wildman–Crippen MR) is 137 cm³/mol. The van der Waals surface area contributed by atoms with Crippen molar-refractivity contribution >= 4 is 33.1 Å². The van der Waals surface area contributed by atoms with Crippen LogP contribution in [0.1, 0.15) is 34.4 Å². The molecule has 0 radical (unpaired) electrons. The maximum Gasteiger partial charge on any atom is 0.291 e. The topological polar surface area (TPSA) is 64.4 Å². The van der Waals surface area contributed by atoms with Gasteiger partial charge < -0.3 is 14.5 Å². The van der Waals surface area contributed by atoms with Crippen LogP contribution in [0.15, 0.2) is 83.3 Å². The van der Waals surface area contributed by atoms with Crippen LogP contribution < -0.4 is 10.1 Å². The highest BCUT2D eigenvalue weighted by Crippen LogP contribution is 2.31. The molecule has 0 spiro atoms. The lowest BCUT2D eigenvalue weighted by Gasteiger charge is -2.05. The first-order chi connectivity index (χ1) is 16.6. The number of amides is 1. The van der Waals surface area contributed by atoms with Crippen LogP contribution in [-0.2, 0) is 13.0 Å². The zero-order chi connectivity index (χ0) is 23.5. The minimum absolute atomic E-state index is 0.241. The average molecular weight is 469 g/mol. The maximum atomic E-state index is 12.6. The molecule has 0 aliphatic rings. The van der Waals surface area contributed by atoms with E-state index in [1.807, 2.05) is 54.6 Å². The van der Waals surface area contributed by atoms with Gasteiger partial charge in [-0.15, -0.1) is 11.3 Å². The third-order valence-corrected chi connectivity index (χ3v) is 6.60. The van der Waals surface area contributed by atoms with Crippen LogP contribution in [0.5, 0.6) is 5.75 Å².